The van der Waals surface area contributed by atoms with Crippen molar-refractivity contribution in [2.24, 2.45) is 5.92 Å². The molecule has 1 heterocycles. The lowest BCUT2D eigenvalue weighted by atomic mass is 9.89. The summed E-state index contributed by atoms with van der Waals surface area (Å²) in [5, 5.41) is 8.50. The Hall–Kier alpha value is -3.15. The Morgan fingerprint density at radius 3 is 2.59 bits per heavy atom. The average molecular weight is 391 g/mol. The third-order valence-corrected chi connectivity index (χ3v) is 5.53. The lowest BCUT2D eigenvalue weighted by Gasteiger charge is -2.29. The third kappa shape index (κ3) is 4.83. The molecule has 2 amide bonds. The zero-order valence-electron chi connectivity index (χ0n) is 16.3. The molecule has 6 heteroatoms. The number of hydrogen-bond acceptors (Lipinski definition) is 4. The van der Waals surface area contributed by atoms with Crippen LogP contribution >= 0.6 is 0 Å². The number of benzene rings is 2. The molecule has 0 saturated heterocycles. The van der Waals surface area contributed by atoms with E-state index in [4.69, 9.17) is 4.52 Å². The summed E-state index contributed by atoms with van der Waals surface area (Å²) in [6.45, 7) is 0.590. The van der Waals surface area contributed by atoms with Crippen LogP contribution in [0.4, 0.5) is 5.82 Å². The molecule has 0 radical (unpaired) electrons. The molecule has 1 fully saturated rings. The lowest BCUT2D eigenvalue weighted by Crippen LogP contribution is -2.41. The van der Waals surface area contributed by atoms with Gasteiger partial charge in [-0.1, -0.05) is 54.8 Å². The number of rotatable bonds is 6. The number of carbonyl (C=O) groups excluding carboxylic acids is 2. The standard InChI is InChI=1S/C23H25N3O3/c27-22(24-21-12-13-29-25-21)16-26(15-17-6-2-1-3-7-17)23(28)20-11-10-18-8-4-5-9-19(18)14-20/h4-5,8-14,17H,1-3,6-7,15-16H2,(H,24,25,27). The van der Waals surface area contributed by atoms with Crippen LogP contribution in [-0.4, -0.2) is 35.0 Å². The van der Waals surface area contributed by atoms with Gasteiger partial charge in [0.05, 0.1) is 0 Å². The summed E-state index contributed by atoms with van der Waals surface area (Å²) in [5.74, 6) is 0.402. The van der Waals surface area contributed by atoms with Crippen molar-refractivity contribution in [1.82, 2.24) is 10.1 Å². The molecule has 150 valence electrons. The van der Waals surface area contributed by atoms with E-state index >= 15 is 0 Å². The molecule has 1 aliphatic rings. The summed E-state index contributed by atoms with van der Waals surface area (Å²) in [7, 11) is 0. The van der Waals surface area contributed by atoms with Crippen molar-refractivity contribution in [2.45, 2.75) is 32.1 Å². The molecular weight excluding hydrogens is 366 g/mol. The van der Waals surface area contributed by atoms with E-state index in [9.17, 15) is 9.59 Å². The number of aromatic nitrogens is 1. The highest BCUT2D eigenvalue weighted by Crippen LogP contribution is 2.25. The van der Waals surface area contributed by atoms with Gasteiger partial charge >= 0.3 is 0 Å². The summed E-state index contributed by atoms with van der Waals surface area (Å²) in [6.07, 6.45) is 7.23. The van der Waals surface area contributed by atoms with E-state index in [-0.39, 0.29) is 18.4 Å². The maximum atomic E-state index is 13.3. The van der Waals surface area contributed by atoms with Crippen LogP contribution in [0.3, 0.4) is 0 Å². The first-order valence-corrected chi connectivity index (χ1v) is 10.2. The highest BCUT2D eigenvalue weighted by molar-refractivity contribution is 6.01. The van der Waals surface area contributed by atoms with E-state index in [1.807, 2.05) is 42.5 Å². The summed E-state index contributed by atoms with van der Waals surface area (Å²) < 4.78 is 4.75. The Morgan fingerprint density at radius 1 is 1.03 bits per heavy atom. The molecule has 0 atom stereocenters. The minimum atomic E-state index is -0.274. The monoisotopic (exact) mass is 391 g/mol. The van der Waals surface area contributed by atoms with Crippen LogP contribution < -0.4 is 5.32 Å². The van der Waals surface area contributed by atoms with Gasteiger partial charge in [-0.3, -0.25) is 9.59 Å². The molecule has 1 saturated carbocycles. The normalized spacial score (nSPS) is 14.6. The van der Waals surface area contributed by atoms with Crippen molar-refractivity contribution in [3.05, 3.63) is 60.4 Å². The van der Waals surface area contributed by atoms with Gasteiger partial charge in [-0.15, -0.1) is 0 Å². The van der Waals surface area contributed by atoms with Gasteiger partial charge in [-0.2, -0.15) is 0 Å². The molecule has 1 aliphatic carbocycles. The molecule has 2 aromatic carbocycles. The van der Waals surface area contributed by atoms with Crippen molar-refractivity contribution in [3.8, 4) is 0 Å². The smallest absolute Gasteiger partial charge is 0.254 e. The first kappa shape index (κ1) is 19.2. The predicted molar refractivity (Wildman–Crippen MR) is 112 cm³/mol. The Morgan fingerprint density at radius 2 is 1.83 bits per heavy atom. The van der Waals surface area contributed by atoms with Gasteiger partial charge in [0.2, 0.25) is 5.91 Å². The second kappa shape index (κ2) is 8.90. The van der Waals surface area contributed by atoms with Crippen molar-refractivity contribution < 1.29 is 14.1 Å². The van der Waals surface area contributed by atoms with Gasteiger partial charge in [0.1, 0.15) is 12.8 Å². The Labute approximate surface area is 169 Å². The van der Waals surface area contributed by atoms with Crippen molar-refractivity contribution in [1.29, 1.82) is 0 Å². The molecule has 6 nitrogen and oxygen atoms in total. The lowest BCUT2D eigenvalue weighted by molar-refractivity contribution is -0.117. The molecule has 0 aliphatic heterocycles. The van der Waals surface area contributed by atoms with Crippen LogP contribution in [-0.2, 0) is 4.79 Å². The average Bonchev–Trinajstić information content (AvgIpc) is 3.26. The fourth-order valence-electron chi connectivity index (χ4n) is 4.04. The molecule has 1 N–H and O–H groups in total. The van der Waals surface area contributed by atoms with E-state index in [2.05, 4.69) is 10.5 Å². The Balaban J connectivity index is 1.53. The molecular formula is C23H25N3O3. The van der Waals surface area contributed by atoms with Gasteiger partial charge in [0, 0.05) is 18.2 Å². The van der Waals surface area contributed by atoms with E-state index in [0.29, 0.717) is 23.8 Å². The molecule has 0 bridgehead atoms. The number of fused-ring (bicyclic) bond motifs is 1. The van der Waals surface area contributed by atoms with Crippen molar-refractivity contribution >= 4 is 28.4 Å². The van der Waals surface area contributed by atoms with Crippen LogP contribution in [0.5, 0.6) is 0 Å². The van der Waals surface area contributed by atoms with Crippen LogP contribution in [0.25, 0.3) is 10.8 Å². The molecule has 1 aromatic heterocycles. The fourth-order valence-corrected chi connectivity index (χ4v) is 4.04. The minimum absolute atomic E-state index is 0.00494. The Kier molecular flexibility index (Phi) is 5.89. The van der Waals surface area contributed by atoms with E-state index < -0.39 is 0 Å². The van der Waals surface area contributed by atoms with Crippen molar-refractivity contribution in [3.63, 3.8) is 0 Å². The number of carbonyl (C=O) groups is 2. The highest BCUT2D eigenvalue weighted by Gasteiger charge is 2.24. The van der Waals surface area contributed by atoms with Gasteiger partial charge in [0.15, 0.2) is 5.82 Å². The molecule has 29 heavy (non-hydrogen) atoms. The fraction of sp³-hybridized carbons (Fsp3) is 0.348. The van der Waals surface area contributed by atoms with E-state index in [0.717, 1.165) is 23.6 Å². The zero-order chi connectivity index (χ0) is 20.1. The maximum Gasteiger partial charge on any atom is 0.254 e. The Bertz CT molecular complexity index is 978. The van der Waals surface area contributed by atoms with Gasteiger partial charge in [-0.05, 0) is 41.7 Å². The summed E-state index contributed by atoms with van der Waals surface area (Å²) in [4.78, 5) is 27.5. The third-order valence-electron chi connectivity index (χ3n) is 5.53. The van der Waals surface area contributed by atoms with Crippen LogP contribution in [0.2, 0.25) is 0 Å². The molecule has 0 spiro atoms. The summed E-state index contributed by atoms with van der Waals surface area (Å²) >= 11 is 0. The van der Waals surface area contributed by atoms with Crippen LogP contribution in [0, 0.1) is 5.92 Å². The van der Waals surface area contributed by atoms with Crippen LogP contribution in [0.1, 0.15) is 42.5 Å². The predicted octanol–water partition coefficient (Wildman–Crippen LogP) is 4.49. The topological polar surface area (TPSA) is 75.4 Å². The van der Waals surface area contributed by atoms with Gasteiger partial charge < -0.3 is 14.7 Å². The highest BCUT2D eigenvalue weighted by atomic mass is 16.5. The zero-order valence-corrected chi connectivity index (χ0v) is 16.3. The first-order chi connectivity index (χ1) is 14.2. The minimum Gasteiger partial charge on any atom is -0.363 e. The molecule has 3 aromatic rings. The number of hydrogen-bond donors (Lipinski definition) is 1. The molecule has 0 unspecified atom stereocenters. The van der Waals surface area contributed by atoms with E-state index in [1.165, 1.54) is 25.5 Å². The van der Waals surface area contributed by atoms with Crippen molar-refractivity contribution in [2.75, 3.05) is 18.4 Å². The summed E-state index contributed by atoms with van der Waals surface area (Å²) in [5.41, 5.74) is 0.605. The number of amides is 2. The first-order valence-electron chi connectivity index (χ1n) is 10.2. The number of nitrogens with zero attached hydrogens (tertiary/aromatic N) is 2. The second-order valence-corrected chi connectivity index (χ2v) is 7.68. The van der Waals surface area contributed by atoms with E-state index in [1.54, 1.807) is 11.0 Å². The number of nitrogens with one attached hydrogen (secondary N) is 1. The number of anilines is 1. The summed E-state index contributed by atoms with van der Waals surface area (Å²) in [6, 6.07) is 15.2. The quantitative estimate of drug-likeness (QED) is 0.672. The largest absolute Gasteiger partial charge is 0.363 e. The van der Waals surface area contributed by atoms with Gasteiger partial charge in [-0.25, -0.2) is 0 Å². The van der Waals surface area contributed by atoms with Crippen LogP contribution in [0.15, 0.2) is 59.3 Å². The maximum absolute atomic E-state index is 13.3. The second-order valence-electron chi connectivity index (χ2n) is 7.68. The SMILES string of the molecule is O=C(CN(CC1CCCCC1)C(=O)c1ccc2ccccc2c1)Nc1ccon1. The van der Waals surface area contributed by atoms with Gasteiger partial charge in [0.25, 0.3) is 5.91 Å². The molecule has 4 rings (SSSR count).